The topological polar surface area (TPSA) is 42.0 Å². The molecule has 0 saturated carbocycles. The fourth-order valence-electron chi connectivity index (χ4n) is 1.65. The number of aromatic nitrogens is 1. The highest BCUT2D eigenvalue weighted by Gasteiger charge is 2.05. The third-order valence-electron chi connectivity index (χ3n) is 2.62. The molecule has 2 aromatic rings. The number of carbonyl (C=O) groups is 1. The Labute approximate surface area is 115 Å². The first-order valence-corrected chi connectivity index (χ1v) is 6.75. The van der Waals surface area contributed by atoms with Crippen LogP contribution in [0.4, 0.5) is 9.52 Å². The molecule has 1 heterocycles. The predicted octanol–water partition coefficient (Wildman–Crippen LogP) is 3.21. The minimum absolute atomic E-state index is 0.131. The molecular formula is C14H14FN2OS. The van der Waals surface area contributed by atoms with Gasteiger partial charge in [-0.25, -0.2) is 9.37 Å². The molecule has 1 radical (unpaired) electrons. The standard InChI is InChI=1S/C14H14FN2OS/c1-9-3-4-11(7-13(9)15)5-6-12-8-19-14(17-12)16-10(2)18/h3-4,7-8H,1,5-6H2,2H3,(H,16,17,18). The zero-order chi connectivity index (χ0) is 13.8. The van der Waals surface area contributed by atoms with Gasteiger partial charge in [-0.15, -0.1) is 11.3 Å². The zero-order valence-corrected chi connectivity index (χ0v) is 11.4. The van der Waals surface area contributed by atoms with E-state index in [1.807, 2.05) is 11.4 Å². The lowest BCUT2D eigenvalue weighted by Gasteiger charge is -2.02. The molecule has 1 aromatic heterocycles. The monoisotopic (exact) mass is 277 g/mol. The van der Waals surface area contributed by atoms with Crippen LogP contribution in [0.3, 0.4) is 0 Å². The molecule has 19 heavy (non-hydrogen) atoms. The van der Waals surface area contributed by atoms with Crippen LogP contribution >= 0.6 is 11.3 Å². The molecule has 1 amide bonds. The van der Waals surface area contributed by atoms with Crippen molar-refractivity contribution in [3.05, 3.63) is 53.1 Å². The van der Waals surface area contributed by atoms with Gasteiger partial charge in [0.15, 0.2) is 5.13 Å². The molecule has 0 aliphatic rings. The maximum Gasteiger partial charge on any atom is 0.223 e. The Morgan fingerprint density at radius 2 is 2.26 bits per heavy atom. The number of thiazole rings is 1. The first kappa shape index (κ1) is 13.7. The lowest BCUT2D eigenvalue weighted by molar-refractivity contribution is -0.114. The molecule has 0 aliphatic heterocycles. The molecule has 0 bridgehead atoms. The Hall–Kier alpha value is -1.75. The van der Waals surface area contributed by atoms with Crippen LogP contribution in [0, 0.1) is 12.7 Å². The lowest BCUT2D eigenvalue weighted by atomic mass is 10.1. The molecule has 2 rings (SSSR count). The van der Waals surface area contributed by atoms with Crippen molar-refractivity contribution < 1.29 is 9.18 Å². The Bertz CT molecular complexity index is 595. The smallest absolute Gasteiger partial charge is 0.223 e. The average Bonchev–Trinajstić information content (AvgIpc) is 2.77. The highest BCUT2D eigenvalue weighted by Crippen LogP contribution is 2.17. The van der Waals surface area contributed by atoms with Gasteiger partial charge in [0, 0.05) is 12.3 Å². The average molecular weight is 277 g/mol. The SMILES string of the molecule is [CH2]c1ccc(CCc2csc(NC(C)=O)n2)cc1F. The van der Waals surface area contributed by atoms with Crippen LogP contribution in [-0.2, 0) is 17.6 Å². The van der Waals surface area contributed by atoms with Gasteiger partial charge in [-0.3, -0.25) is 4.79 Å². The molecule has 1 N–H and O–H groups in total. The summed E-state index contributed by atoms with van der Waals surface area (Å²) < 4.78 is 13.3. The van der Waals surface area contributed by atoms with Crippen LogP contribution in [-0.4, -0.2) is 10.9 Å². The molecule has 1 aromatic carbocycles. The van der Waals surface area contributed by atoms with Crippen LogP contribution in [0.1, 0.15) is 23.7 Å². The van der Waals surface area contributed by atoms with E-state index in [-0.39, 0.29) is 11.7 Å². The Morgan fingerprint density at radius 3 is 2.95 bits per heavy atom. The van der Waals surface area contributed by atoms with Gasteiger partial charge in [0.25, 0.3) is 0 Å². The van der Waals surface area contributed by atoms with Crippen molar-refractivity contribution >= 4 is 22.4 Å². The van der Waals surface area contributed by atoms with Crippen molar-refractivity contribution in [2.24, 2.45) is 0 Å². The van der Waals surface area contributed by atoms with E-state index >= 15 is 0 Å². The van der Waals surface area contributed by atoms with Gasteiger partial charge < -0.3 is 5.32 Å². The van der Waals surface area contributed by atoms with Gasteiger partial charge in [-0.05, 0) is 37.0 Å². The molecule has 0 aliphatic carbocycles. The van der Waals surface area contributed by atoms with Crippen molar-refractivity contribution in [2.45, 2.75) is 19.8 Å². The number of hydrogen-bond acceptors (Lipinski definition) is 3. The maximum absolute atomic E-state index is 13.3. The predicted molar refractivity (Wildman–Crippen MR) is 74.7 cm³/mol. The molecule has 0 spiro atoms. The minimum Gasteiger partial charge on any atom is -0.302 e. The number of nitrogens with one attached hydrogen (secondary N) is 1. The van der Waals surface area contributed by atoms with Crippen molar-refractivity contribution in [1.82, 2.24) is 4.98 Å². The fraction of sp³-hybridized carbons (Fsp3) is 0.214. The molecule has 0 atom stereocenters. The molecular weight excluding hydrogens is 263 g/mol. The summed E-state index contributed by atoms with van der Waals surface area (Å²) >= 11 is 1.39. The molecule has 3 nitrogen and oxygen atoms in total. The van der Waals surface area contributed by atoms with Gasteiger partial charge in [-0.2, -0.15) is 0 Å². The number of benzene rings is 1. The van der Waals surface area contributed by atoms with E-state index in [4.69, 9.17) is 0 Å². The quantitative estimate of drug-likeness (QED) is 0.932. The summed E-state index contributed by atoms with van der Waals surface area (Å²) in [5.41, 5.74) is 2.22. The van der Waals surface area contributed by atoms with Gasteiger partial charge in [0.05, 0.1) is 5.69 Å². The summed E-state index contributed by atoms with van der Waals surface area (Å²) in [7, 11) is 0. The number of halogens is 1. The van der Waals surface area contributed by atoms with Crippen molar-refractivity contribution in [3.8, 4) is 0 Å². The van der Waals surface area contributed by atoms with Crippen LogP contribution in [0.15, 0.2) is 23.6 Å². The van der Waals surface area contributed by atoms with Crippen molar-refractivity contribution in [3.63, 3.8) is 0 Å². The van der Waals surface area contributed by atoms with Crippen LogP contribution in [0.5, 0.6) is 0 Å². The molecule has 0 saturated heterocycles. The Kier molecular flexibility index (Phi) is 4.27. The highest BCUT2D eigenvalue weighted by molar-refractivity contribution is 7.13. The third-order valence-corrected chi connectivity index (χ3v) is 3.43. The van der Waals surface area contributed by atoms with Crippen molar-refractivity contribution in [2.75, 3.05) is 5.32 Å². The Morgan fingerprint density at radius 1 is 1.47 bits per heavy atom. The van der Waals surface area contributed by atoms with E-state index in [2.05, 4.69) is 17.2 Å². The van der Waals surface area contributed by atoms with Crippen LogP contribution in [0.25, 0.3) is 0 Å². The molecule has 5 heteroatoms. The van der Waals surface area contributed by atoms with Crippen molar-refractivity contribution in [1.29, 1.82) is 0 Å². The third kappa shape index (κ3) is 3.86. The van der Waals surface area contributed by atoms with E-state index in [9.17, 15) is 9.18 Å². The number of anilines is 1. The number of aryl methyl sites for hydroxylation is 2. The van der Waals surface area contributed by atoms with Gasteiger partial charge in [0.1, 0.15) is 5.82 Å². The highest BCUT2D eigenvalue weighted by atomic mass is 32.1. The normalized spacial score (nSPS) is 10.5. The van der Waals surface area contributed by atoms with E-state index in [1.54, 1.807) is 6.07 Å². The summed E-state index contributed by atoms with van der Waals surface area (Å²) in [4.78, 5) is 15.2. The van der Waals surface area contributed by atoms with E-state index in [0.29, 0.717) is 23.5 Å². The van der Waals surface area contributed by atoms with E-state index < -0.39 is 0 Å². The van der Waals surface area contributed by atoms with Gasteiger partial charge >= 0.3 is 0 Å². The molecule has 0 fully saturated rings. The zero-order valence-electron chi connectivity index (χ0n) is 10.6. The summed E-state index contributed by atoms with van der Waals surface area (Å²) in [5, 5.41) is 5.14. The lowest BCUT2D eigenvalue weighted by Crippen LogP contribution is -2.05. The number of carbonyl (C=O) groups excluding carboxylic acids is 1. The Balaban J connectivity index is 1.96. The first-order chi connectivity index (χ1) is 9.04. The first-order valence-electron chi connectivity index (χ1n) is 5.87. The molecule has 0 unspecified atom stereocenters. The number of nitrogens with zero attached hydrogens (tertiary/aromatic N) is 1. The summed E-state index contributed by atoms with van der Waals surface area (Å²) in [6.45, 7) is 5.03. The van der Waals surface area contributed by atoms with Crippen LogP contribution in [0.2, 0.25) is 0 Å². The second-order valence-corrected chi connectivity index (χ2v) is 5.11. The van der Waals surface area contributed by atoms with Gasteiger partial charge in [0.2, 0.25) is 5.91 Å². The van der Waals surface area contributed by atoms with E-state index in [0.717, 1.165) is 11.3 Å². The summed E-state index contributed by atoms with van der Waals surface area (Å²) in [6, 6.07) is 5.05. The minimum atomic E-state index is -0.283. The summed E-state index contributed by atoms with van der Waals surface area (Å²) in [6.07, 6.45) is 1.42. The molecule has 99 valence electrons. The second-order valence-electron chi connectivity index (χ2n) is 4.25. The number of hydrogen-bond donors (Lipinski definition) is 1. The summed E-state index contributed by atoms with van der Waals surface area (Å²) in [5.74, 6) is -0.413. The number of amides is 1. The van der Waals surface area contributed by atoms with E-state index in [1.165, 1.54) is 24.3 Å². The van der Waals surface area contributed by atoms with Gasteiger partial charge in [-0.1, -0.05) is 12.1 Å². The second kappa shape index (κ2) is 5.93. The maximum atomic E-state index is 13.3. The largest absolute Gasteiger partial charge is 0.302 e. The fourth-order valence-corrected chi connectivity index (χ4v) is 2.44. The number of rotatable bonds is 4. The van der Waals surface area contributed by atoms with Crippen LogP contribution < -0.4 is 5.32 Å².